The van der Waals surface area contributed by atoms with E-state index in [1.165, 1.54) is 45.1 Å². The van der Waals surface area contributed by atoms with Gasteiger partial charge >= 0.3 is 0 Å². The van der Waals surface area contributed by atoms with Crippen LogP contribution in [0.5, 0.6) is 0 Å². The zero-order valence-corrected chi connectivity index (χ0v) is 12.3. The summed E-state index contributed by atoms with van der Waals surface area (Å²) in [5, 5.41) is 3.55. The largest absolute Gasteiger partial charge is 0.380 e. The number of nitrogens with one attached hydrogen (secondary N) is 1. The van der Waals surface area contributed by atoms with Gasteiger partial charge < -0.3 is 10.1 Å². The Labute approximate surface area is 112 Å². The zero-order valence-electron chi connectivity index (χ0n) is 12.3. The number of likely N-dealkylation sites (tertiary alicyclic amines) is 1. The van der Waals surface area contributed by atoms with Crippen LogP contribution in [0, 0.1) is 5.92 Å². The third-order valence-corrected chi connectivity index (χ3v) is 5.09. The van der Waals surface area contributed by atoms with E-state index >= 15 is 0 Å². The number of rotatable bonds is 4. The van der Waals surface area contributed by atoms with E-state index < -0.39 is 0 Å². The van der Waals surface area contributed by atoms with Crippen LogP contribution in [0.4, 0.5) is 0 Å². The van der Waals surface area contributed by atoms with Gasteiger partial charge in [0.15, 0.2) is 0 Å². The highest BCUT2D eigenvalue weighted by molar-refractivity contribution is 4.92. The van der Waals surface area contributed by atoms with Crippen LogP contribution >= 0.6 is 0 Å². The summed E-state index contributed by atoms with van der Waals surface area (Å²) in [7, 11) is 3.99. The molecule has 1 aliphatic carbocycles. The molecule has 2 aliphatic rings. The fourth-order valence-corrected chi connectivity index (χ4v) is 3.80. The van der Waals surface area contributed by atoms with Gasteiger partial charge in [-0.1, -0.05) is 13.3 Å². The minimum Gasteiger partial charge on any atom is -0.380 e. The molecule has 106 valence electrons. The van der Waals surface area contributed by atoms with Gasteiger partial charge in [-0.15, -0.1) is 0 Å². The lowest BCUT2D eigenvalue weighted by molar-refractivity contribution is -0.00530. The van der Waals surface area contributed by atoms with E-state index in [1.54, 1.807) is 0 Å². The van der Waals surface area contributed by atoms with Crippen molar-refractivity contribution in [2.75, 3.05) is 27.2 Å². The Kier molecular flexibility index (Phi) is 5.46. The maximum atomic E-state index is 5.57. The molecule has 0 bridgehead atoms. The van der Waals surface area contributed by atoms with Crippen molar-refractivity contribution in [3.8, 4) is 0 Å². The minimum atomic E-state index is 0.457. The molecule has 3 heteroatoms. The molecule has 0 radical (unpaired) electrons. The fraction of sp³-hybridized carbons (Fsp3) is 1.00. The van der Waals surface area contributed by atoms with E-state index in [4.69, 9.17) is 4.74 Å². The summed E-state index contributed by atoms with van der Waals surface area (Å²) in [6.07, 6.45) is 8.45. The summed E-state index contributed by atoms with van der Waals surface area (Å²) in [6.45, 7) is 4.74. The molecule has 4 unspecified atom stereocenters. The standard InChI is InChI=1S/C15H30N2O/c1-4-12-7-8-14(16-2)15(10-12)17-9-5-6-13(11-17)18-3/h12-16H,4-11H2,1-3H3. The molecule has 0 amide bonds. The number of likely N-dealkylation sites (N-methyl/N-ethyl adjacent to an activating group) is 1. The Morgan fingerprint density at radius 2 is 2.11 bits per heavy atom. The van der Waals surface area contributed by atoms with Gasteiger partial charge in [0.1, 0.15) is 0 Å². The number of hydrogen-bond donors (Lipinski definition) is 1. The van der Waals surface area contributed by atoms with Crippen molar-refractivity contribution in [3.63, 3.8) is 0 Å². The van der Waals surface area contributed by atoms with Crippen molar-refractivity contribution < 1.29 is 4.74 Å². The Balaban J connectivity index is 1.98. The Bertz CT molecular complexity index is 247. The molecule has 0 aromatic carbocycles. The highest BCUT2D eigenvalue weighted by Gasteiger charge is 2.35. The summed E-state index contributed by atoms with van der Waals surface area (Å²) in [4.78, 5) is 2.70. The van der Waals surface area contributed by atoms with Gasteiger partial charge in [-0.05, 0) is 51.6 Å². The molecular formula is C15H30N2O. The molecule has 1 aliphatic heterocycles. The molecule has 2 rings (SSSR count). The van der Waals surface area contributed by atoms with E-state index in [9.17, 15) is 0 Å². The average Bonchev–Trinajstić information content (AvgIpc) is 2.46. The number of methoxy groups -OCH3 is 1. The third-order valence-electron chi connectivity index (χ3n) is 5.09. The molecule has 0 aromatic heterocycles. The molecule has 0 spiro atoms. The van der Waals surface area contributed by atoms with Gasteiger partial charge in [0, 0.05) is 25.7 Å². The molecule has 1 heterocycles. The van der Waals surface area contributed by atoms with Crippen LogP contribution in [0.25, 0.3) is 0 Å². The molecular weight excluding hydrogens is 224 g/mol. The summed E-state index contributed by atoms with van der Waals surface area (Å²) in [5.74, 6) is 0.933. The van der Waals surface area contributed by atoms with Crippen molar-refractivity contribution in [2.45, 2.75) is 63.6 Å². The molecule has 1 saturated heterocycles. The summed E-state index contributed by atoms with van der Waals surface area (Å²) in [5.41, 5.74) is 0. The number of nitrogens with zero attached hydrogens (tertiary/aromatic N) is 1. The predicted octanol–water partition coefficient (Wildman–Crippen LogP) is 2.26. The predicted molar refractivity (Wildman–Crippen MR) is 75.9 cm³/mol. The van der Waals surface area contributed by atoms with Crippen molar-refractivity contribution >= 4 is 0 Å². The minimum absolute atomic E-state index is 0.457. The fourth-order valence-electron chi connectivity index (χ4n) is 3.80. The maximum absolute atomic E-state index is 5.57. The molecule has 1 N–H and O–H groups in total. The van der Waals surface area contributed by atoms with Crippen molar-refractivity contribution in [1.29, 1.82) is 0 Å². The smallest absolute Gasteiger partial charge is 0.0698 e. The lowest BCUT2D eigenvalue weighted by Gasteiger charge is -2.45. The highest BCUT2D eigenvalue weighted by atomic mass is 16.5. The van der Waals surface area contributed by atoms with E-state index in [0.717, 1.165) is 18.5 Å². The molecule has 1 saturated carbocycles. The van der Waals surface area contributed by atoms with Gasteiger partial charge in [0.05, 0.1) is 6.10 Å². The first-order valence-electron chi connectivity index (χ1n) is 7.72. The number of ether oxygens (including phenoxy) is 1. The van der Waals surface area contributed by atoms with Gasteiger partial charge in [0.2, 0.25) is 0 Å². The quantitative estimate of drug-likeness (QED) is 0.833. The zero-order chi connectivity index (χ0) is 13.0. The van der Waals surface area contributed by atoms with Crippen molar-refractivity contribution in [2.24, 2.45) is 5.92 Å². The first-order chi connectivity index (χ1) is 8.78. The second-order valence-corrected chi connectivity index (χ2v) is 6.04. The second kappa shape index (κ2) is 6.88. The Hall–Kier alpha value is -0.120. The first kappa shape index (κ1) is 14.3. The van der Waals surface area contributed by atoms with Crippen LogP contribution in [0.15, 0.2) is 0 Å². The maximum Gasteiger partial charge on any atom is 0.0698 e. The monoisotopic (exact) mass is 254 g/mol. The third kappa shape index (κ3) is 3.25. The van der Waals surface area contributed by atoms with Crippen LogP contribution in [0.1, 0.15) is 45.4 Å². The van der Waals surface area contributed by atoms with Crippen LogP contribution in [-0.4, -0.2) is 50.3 Å². The normalized spacial score (nSPS) is 38.8. The average molecular weight is 254 g/mol. The van der Waals surface area contributed by atoms with Gasteiger partial charge in [-0.3, -0.25) is 4.90 Å². The van der Waals surface area contributed by atoms with E-state index in [1.807, 2.05) is 7.11 Å². The molecule has 3 nitrogen and oxygen atoms in total. The van der Waals surface area contributed by atoms with Gasteiger partial charge in [-0.2, -0.15) is 0 Å². The van der Waals surface area contributed by atoms with Crippen molar-refractivity contribution in [1.82, 2.24) is 10.2 Å². The van der Waals surface area contributed by atoms with Gasteiger partial charge in [-0.25, -0.2) is 0 Å². The molecule has 18 heavy (non-hydrogen) atoms. The van der Waals surface area contributed by atoms with Gasteiger partial charge in [0.25, 0.3) is 0 Å². The molecule has 0 aromatic rings. The second-order valence-electron chi connectivity index (χ2n) is 6.04. The van der Waals surface area contributed by atoms with Crippen LogP contribution in [0.3, 0.4) is 0 Å². The Morgan fingerprint density at radius 3 is 2.78 bits per heavy atom. The molecule has 4 atom stereocenters. The van der Waals surface area contributed by atoms with Crippen LogP contribution in [0.2, 0.25) is 0 Å². The van der Waals surface area contributed by atoms with Crippen molar-refractivity contribution in [3.05, 3.63) is 0 Å². The highest BCUT2D eigenvalue weighted by Crippen LogP contribution is 2.31. The number of hydrogen-bond acceptors (Lipinski definition) is 3. The van der Waals surface area contributed by atoms with E-state index in [0.29, 0.717) is 12.1 Å². The van der Waals surface area contributed by atoms with E-state index in [2.05, 4.69) is 24.2 Å². The lowest BCUT2D eigenvalue weighted by Crippen LogP contribution is -2.55. The SMILES string of the molecule is CCC1CCC(NC)C(N2CCCC(OC)C2)C1. The summed E-state index contributed by atoms with van der Waals surface area (Å²) in [6, 6.07) is 1.41. The lowest BCUT2D eigenvalue weighted by atomic mass is 9.79. The molecule has 2 fully saturated rings. The summed E-state index contributed by atoms with van der Waals surface area (Å²) >= 11 is 0. The topological polar surface area (TPSA) is 24.5 Å². The first-order valence-corrected chi connectivity index (χ1v) is 7.72. The van der Waals surface area contributed by atoms with Crippen LogP contribution in [-0.2, 0) is 4.74 Å². The van der Waals surface area contributed by atoms with E-state index in [-0.39, 0.29) is 0 Å². The van der Waals surface area contributed by atoms with Crippen LogP contribution < -0.4 is 5.32 Å². The number of piperidine rings is 1. The summed E-state index contributed by atoms with van der Waals surface area (Å²) < 4.78 is 5.57. The Morgan fingerprint density at radius 1 is 1.28 bits per heavy atom.